The molecule has 3 nitrogen and oxygen atoms in total. The maximum absolute atomic E-state index is 13.4. The van der Waals surface area contributed by atoms with Crippen LogP contribution in [0.15, 0.2) is 30.5 Å². The van der Waals surface area contributed by atoms with Gasteiger partial charge in [-0.2, -0.15) is 13.2 Å². The third-order valence-electron chi connectivity index (χ3n) is 2.55. The number of halogens is 4. The lowest BCUT2D eigenvalue weighted by molar-refractivity contribution is -0.140. The minimum Gasteiger partial charge on any atom is -0.287 e. The van der Waals surface area contributed by atoms with Crippen LogP contribution < -0.4 is 0 Å². The van der Waals surface area contributed by atoms with Crippen LogP contribution in [0.5, 0.6) is 0 Å². The molecule has 20 heavy (non-hydrogen) atoms. The van der Waals surface area contributed by atoms with E-state index in [4.69, 9.17) is 0 Å². The number of ketones is 1. The maximum atomic E-state index is 13.4. The number of hydrogen-bond donors (Lipinski definition) is 0. The zero-order valence-electron chi connectivity index (χ0n) is 10.2. The topological polar surface area (TPSA) is 42.9 Å². The van der Waals surface area contributed by atoms with Crippen molar-refractivity contribution >= 4 is 5.78 Å². The lowest BCUT2D eigenvalue weighted by Crippen LogP contribution is -2.11. The minimum absolute atomic E-state index is 0.00309. The molecule has 0 aliphatic heterocycles. The first-order valence-corrected chi connectivity index (χ1v) is 5.50. The van der Waals surface area contributed by atoms with E-state index in [0.717, 1.165) is 6.07 Å². The van der Waals surface area contributed by atoms with Crippen LogP contribution in [0.3, 0.4) is 0 Å². The lowest BCUT2D eigenvalue weighted by Gasteiger charge is -2.08. The zero-order valence-corrected chi connectivity index (χ0v) is 10.2. The van der Waals surface area contributed by atoms with Crippen LogP contribution in [-0.2, 0) is 6.18 Å². The molecule has 0 saturated carbocycles. The number of nitrogens with zero attached hydrogens (tertiary/aromatic N) is 2. The third-order valence-corrected chi connectivity index (χ3v) is 2.55. The molecule has 0 unspecified atom stereocenters. The van der Waals surface area contributed by atoms with E-state index < -0.39 is 23.3 Å². The SMILES string of the molecule is Cc1nccc(C(=O)c2ccc(C(F)(F)F)c(F)c2)n1. The fourth-order valence-corrected chi connectivity index (χ4v) is 1.62. The van der Waals surface area contributed by atoms with Crippen LogP contribution in [0.2, 0.25) is 0 Å². The molecule has 0 N–H and O–H groups in total. The number of alkyl halides is 3. The molecule has 0 spiro atoms. The Hall–Kier alpha value is -2.31. The van der Waals surface area contributed by atoms with Gasteiger partial charge in [0.2, 0.25) is 5.78 Å². The zero-order chi connectivity index (χ0) is 14.9. The molecule has 1 aromatic carbocycles. The third kappa shape index (κ3) is 2.81. The molecule has 1 heterocycles. The molecule has 7 heteroatoms. The van der Waals surface area contributed by atoms with E-state index in [1.807, 2.05) is 0 Å². The molecule has 0 radical (unpaired) electrons. The predicted octanol–water partition coefficient (Wildman–Crippen LogP) is 3.17. The van der Waals surface area contributed by atoms with E-state index in [9.17, 15) is 22.4 Å². The van der Waals surface area contributed by atoms with E-state index in [0.29, 0.717) is 18.0 Å². The number of aromatic nitrogens is 2. The highest BCUT2D eigenvalue weighted by Gasteiger charge is 2.34. The Bertz CT molecular complexity index is 668. The first-order valence-electron chi connectivity index (χ1n) is 5.50. The molecule has 0 saturated heterocycles. The second-order valence-corrected chi connectivity index (χ2v) is 4.01. The van der Waals surface area contributed by atoms with Gasteiger partial charge in [-0.25, -0.2) is 14.4 Å². The Morgan fingerprint density at radius 3 is 2.45 bits per heavy atom. The highest BCUT2D eigenvalue weighted by molar-refractivity contribution is 6.07. The van der Waals surface area contributed by atoms with Crippen molar-refractivity contribution in [2.45, 2.75) is 13.1 Å². The second-order valence-electron chi connectivity index (χ2n) is 4.01. The second kappa shape index (κ2) is 4.99. The van der Waals surface area contributed by atoms with E-state index >= 15 is 0 Å². The number of rotatable bonds is 2. The van der Waals surface area contributed by atoms with Crippen LogP contribution >= 0.6 is 0 Å². The maximum Gasteiger partial charge on any atom is 0.419 e. The van der Waals surface area contributed by atoms with Crippen LogP contribution in [0.4, 0.5) is 17.6 Å². The molecule has 0 atom stereocenters. The molecule has 0 aliphatic rings. The normalized spacial score (nSPS) is 11.4. The summed E-state index contributed by atoms with van der Waals surface area (Å²) in [7, 11) is 0. The van der Waals surface area contributed by atoms with Crippen molar-refractivity contribution in [1.29, 1.82) is 0 Å². The van der Waals surface area contributed by atoms with Crippen LogP contribution in [0.1, 0.15) is 27.4 Å². The molecular formula is C13H8F4N2O. The Balaban J connectivity index is 2.40. The first-order chi connectivity index (χ1) is 9.29. The average molecular weight is 284 g/mol. The largest absolute Gasteiger partial charge is 0.419 e. The van der Waals surface area contributed by atoms with Gasteiger partial charge in [-0.15, -0.1) is 0 Å². The van der Waals surface area contributed by atoms with Crippen LogP contribution in [0, 0.1) is 12.7 Å². The van der Waals surface area contributed by atoms with Gasteiger partial charge in [0.15, 0.2) is 0 Å². The number of aryl methyl sites for hydroxylation is 1. The van der Waals surface area contributed by atoms with Crippen molar-refractivity contribution in [3.05, 3.63) is 58.9 Å². The van der Waals surface area contributed by atoms with Gasteiger partial charge in [0, 0.05) is 11.8 Å². The van der Waals surface area contributed by atoms with E-state index in [1.54, 1.807) is 6.92 Å². The molecule has 0 amide bonds. The molecular weight excluding hydrogens is 276 g/mol. The van der Waals surface area contributed by atoms with Crippen molar-refractivity contribution in [2.75, 3.05) is 0 Å². The Labute approximate surface area is 111 Å². The molecule has 0 fully saturated rings. The fourth-order valence-electron chi connectivity index (χ4n) is 1.62. The summed E-state index contributed by atoms with van der Waals surface area (Å²) in [5.74, 6) is -1.82. The number of carbonyl (C=O) groups excluding carboxylic acids is 1. The van der Waals surface area contributed by atoms with Gasteiger partial charge in [0.1, 0.15) is 17.3 Å². The van der Waals surface area contributed by atoms with E-state index in [2.05, 4.69) is 9.97 Å². The van der Waals surface area contributed by atoms with Crippen molar-refractivity contribution in [1.82, 2.24) is 9.97 Å². The number of hydrogen-bond acceptors (Lipinski definition) is 3. The van der Waals surface area contributed by atoms with Crippen LogP contribution in [-0.4, -0.2) is 15.8 Å². The van der Waals surface area contributed by atoms with E-state index in [1.165, 1.54) is 12.3 Å². The van der Waals surface area contributed by atoms with Gasteiger partial charge in [-0.3, -0.25) is 4.79 Å². The summed E-state index contributed by atoms with van der Waals surface area (Å²) in [6, 6.07) is 3.33. The number of benzene rings is 1. The fraction of sp³-hybridized carbons (Fsp3) is 0.154. The van der Waals surface area contributed by atoms with Crippen molar-refractivity contribution in [2.24, 2.45) is 0 Å². The van der Waals surface area contributed by atoms with Gasteiger partial charge < -0.3 is 0 Å². The Morgan fingerprint density at radius 2 is 1.90 bits per heavy atom. The van der Waals surface area contributed by atoms with Gasteiger partial charge in [0.05, 0.1) is 5.56 Å². The Morgan fingerprint density at radius 1 is 1.20 bits per heavy atom. The summed E-state index contributed by atoms with van der Waals surface area (Å²) in [6.45, 7) is 1.56. The quantitative estimate of drug-likeness (QED) is 0.628. The standard InChI is InChI=1S/C13H8F4N2O/c1-7-18-5-4-11(19-7)12(20)8-2-3-9(10(14)6-8)13(15,16)17/h2-6H,1H3. The minimum atomic E-state index is -4.79. The molecule has 104 valence electrons. The highest BCUT2D eigenvalue weighted by atomic mass is 19.4. The van der Waals surface area contributed by atoms with Crippen molar-refractivity contribution in [3.8, 4) is 0 Å². The summed E-state index contributed by atoms with van der Waals surface area (Å²) in [5.41, 5.74) is -1.61. The summed E-state index contributed by atoms with van der Waals surface area (Å²) in [5, 5.41) is 0. The predicted molar refractivity (Wildman–Crippen MR) is 61.6 cm³/mol. The van der Waals surface area contributed by atoms with Crippen LogP contribution in [0.25, 0.3) is 0 Å². The lowest BCUT2D eigenvalue weighted by atomic mass is 10.0. The monoisotopic (exact) mass is 284 g/mol. The smallest absolute Gasteiger partial charge is 0.287 e. The van der Waals surface area contributed by atoms with Crippen molar-refractivity contribution in [3.63, 3.8) is 0 Å². The molecule has 0 aliphatic carbocycles. The summed E-state index contributed by atoms with van der Waals surface area (Å²) < 4.78 is 50.6. The average Bonchev–Trinajstić information content (AvgIpc) is 2.36. The summed E-state index contributed by atoms with van der Waals surface area (Å²) in [4.78, 5) is 19.6. The Kier molecular flexibility index (Phi) is 3.52. The highest BCUT2D eigenvalue weighted by Crippen LogP contribution is 2.31. The summed E-state index contributed by atoms with van der Waals surface area (Å²) in [6.07, 6.45) is -3.45. The van der Waals surface area contributed by atoms with Gasteiger partial charge in [-0.05, 0) is 25.1 Å². The summed E-state index contributed by atoms with van der Waals surface area (Å²) >= 11 is 0. The van der Waals surface area contributed by atoms with E-state index in [-0.39, 0.29) is 11.3 Å². The molecule has 2 rings (SSSR count). The van der Waals surface area contributed by atoms with Gasteiger partial charge >= 0.3 is 6.18 Å². The molecule has 1 aromatic heterocycles. The van der Waals surface area contributed by atoms with Gasteiger partial charge in [0.25, 0.3) is 0 Å². The first kappa shape index (κ1) is 14.1. The molecule has 0 bridgehead atoms. The van der Waals surface area contributed by atoms with Crippen molar-refractivity contribution < 1.29 is 22.4 Å². The van der Waals surface area contributed by atoms with Gasteiger partial charge in [-0.1, -0.05) is 6.07 Å². The molecule has 2 aromatic rings. The number of carbonyl (C=O) groups is 1.